The van der Waals surface area contributed by atoms with E-state index in [0.29, 0.717) is 11.1 Å². The summed E-state index contributed by atoms with van der Waals surface area (Å²) in [6.07, 6.45) is 9.36. The van der Waals surface area contributed by atoms with E-state index in [1.807, 2.05) is 9.80 Å². The normalized spacial score (nSPS) is 19.6. The van der Waals surface area contributed by atoms with Crippen LogP contribution in [0.4, 0.5) is 0 Å². The van der Waals surface area contributed by atoms with E-state index >= 15 is 0 Å². The first-order valence-corrected chi connectivity index (χ1v) is 7.92. The molecule has 0 N–H and O–H groups in total. The SMILES string of the molecule is O=C(c1cocc1C(=O)N1CCCCC1)N1CCCCC1. The molecule has 5 heteroatoms. The molecule has 0 atom stereocenters. The first kappa shape index (κ1) is 14.2. The predicted molar refractivity (Wildman–Crippen MR) is 78.2 cm³/mol. The molecule has 5 nitrogen and oxygen atoms in total. The summed E-state index contributed by atoms with van der Waals surface area (Å²) in [5.74, 6) is -0.132. The number of piperidine rings is 2. The highest BCUT2D eigenvalue weighted by Crippen LogP contribution is 2.20. The van der Waals surface area contributed by atoms with Crippen LogP contribution in [0.1, 0.15) is 59.2 Å². The van der Waals surface area contributed by atoms with Crippen LogP contribution >= 0.6 is 0 Å². The molecule has 0 unspecified atom stereocenters. The monoisotopic (exact) mass is 290 g/mol. The second kappa shape index (κ2) is 6.33. The number of carbonyl (C=O) groups is 2. The molecule has 0 bridgehead atoms. The van der Waals surface area contributed by atoms with Crippen LogP contribution in [-0.2, 0) is 0 Å². The number of carbonyl (C=O) groups excluding carboxylic acids is 2. The van der Waals surface area contributed by atoms with Crippen molar-refractivity contribution in [2.24, 2.45) is 0 Å². The van der Waals surface area contributed by atoms with E-state index in [0.717, 1.165) is 51.9 Å². The largest absolute Gasteiger partial charge is 0.471 e. The van der Waals surface area contributed by atoms with Crippen LogP contribution in [0.5, 0.6) is 0 Å². The highest BCUT2D eigenvalue weighted by atomic mass is 16.3. The Labute approximate surface area is 124 Å². The molecule has 21 heavy (non-hydrogen) atoms. The molecule has 3 heterocycles. The lowest BCUT2D eigenvalue weighted by Crippen LogP contribution is -2.38. The van der Waals surface area contributed by atoms with Gasteiger partial charge in [0.2, 0.25) is 0 Å². The lowest BCUT2D eigenvalue weighted by Gasteiger charge is -2.28. The minimum absolute atomic E-state index is 0.0659. The van der Waals surface area contributed by atoms with Crippen LogP contribution in [0.15, 0.2) is 16.9 Å². The second-order valence-corrected chi connectivity index (χ2v) is 5.90. The van der Waals surface area contributed by atoms with E-state index in [2.05, 4.69) is 0 Å². The van der Waals surface area contributed by atoms with Gasteiger partial charge in [0.1, 0.15) is 12.5 Å². The van der Waals surface area contributed by atoms with Gasteiger partial charge in [-0.1, -0.05) is 0 Å². The Morgan fingerprint density at radius 2 is 1.10 bits per heavy atom. The zero-order valence-electron chi connectivity index (χ0n) is 12.3. The maximum Gasteiger partial charge on any atom is 0.257 e. The van der Waals surface area contributed by atoms with E-state index in [1.165, 1.54) is 25.4 Å². The fourth-order valence-corrected chi connectivity index (χ4v) is 3.16. The van der Waals surface area contributed by atoms with Crippen molar-refractivity contribution in [1.29, 1.82) is 0 Å². The fraction of sp³-hybridized carbons (Fsp3) is 0.625. The fourth-order valence-electron chi connectivity index (χ4n) is 3.16. The third kappa shape index (κ3) is 2.96. The van der Waals surface area contributed by atoms with Crippen molar-refractivity contribution in [3.63, 3.8) is 0 Å². The number of furan rings is 1. The van der Waals surface area contributed by atoms with Gasteiger partial charge in [0.15, 0.2) is 0 Å². The quantitative estimate of drug-likeness (QED) is 0.841. The first-order chi connectivity index (χ1) is 10.3. The Morgan fingerprint density at radius 3 is 1.48 bits per heavy atom. The van der Waals surface area contributed by atoms with Crippen molar-refractivity contribution in [1.82, 2.24) is 9.80 Å². The molecule has 114 valence electrons. The van der Waals surface area contributed by atoms with Gasteiger partial charge in [-0.3, -0.25) is 9.59 Å². The van der Waals surface area contributed by atoms with Gasteiger partial charge in [-0.2, -0.15) is 0 Å². The van der Waals surface area contributed by atoms with Crippen molar-refractivity contribution in [2.45, 2.75) is 38.5 Å². The molecule has 0 saturated carbocycles. The number of rotatable bonds is 2. The third-order valence-corrected chi connectivity index (χ3v) is 4.41. The number of likely N-dealkylation sites (tertiary alicyclic amines) is 2. The van der Waals surface area contributed by atoms with Crippen molar-refractivity contribution >= 4 is 11.8 Å². The zero-order chi connectivity index (χ0) is 14.7. The van der Waals surface area contributed by atoms with E-state index in [-0.39, 0.29) is 11.8 Å². The average Bonchev–Trinajstić information content (AvgIpc) is 3.04. The zero-order valence-corrected chi connectivity index (χ0v) is 12.3. The van der Waals surface area contributed by atoms with Crippen LogP contribution in [0.25, 0.3) is 0 Å². The van der Waals surface area contributed by atoms with Gasteiger partial charge in [-0.15, -0.1) is 0 Å². The van der Waals surface area contributed by atoms with Gasteiger partial charge in [0.25, 0.3) is 11.8 Å². The minimum atomic E-state index is -0.0659. The second-order valence-electron chi connectivity index (χ2n) is 5.90. The van der Waals surface area contributed by atoms with Crippen LogP contribution in [-0.4, -0.2) is 47.8 Å². The lowest BCUT2D eigenvalue weighted by molar-refractivity contribution is 0.0686. The number of hydrogen-bond donors (Lipinski definition) is 0. The highest BCUT2D eigenvalue weighted by molar-refractivity contribution is 6.06. The molecule has 0 radical (unpaired) electrons. The first-order valence-electron chi connectivity index (χ1n) is 7.92. The molecule has 2 saturated heterocycles. The van der Waals surface area contributed by atoms with Crippen molar-refractivity contribution in [3.05, 3.63) is 23.7 Å². The molecule has 0 aliphatic carbocycles. The number of nitrogens with zero attached hydrogens (tertiary/aromatic N) is 2. The Morgan fingerprint density at radius 1 is 0.714 bits per heavy atom. The van der Waals surface area contributed by atoms with Crippen molar-refractivity contribution < 1.29 is 14.0 Å². The summed E-state index contributed by atoms with van der Waals surface area (Å²) in [6, 6.07) is 0. The van der Waals surface area contributed by atoms with E-state index in [9.17, 15) is 9.59 Å². The molecule has 3 rings (SSSR count). The number of hydrogen-bond acceptors (Lipinski definition) is 3. The maximum absolute atomic E-state index is 12.6. The topological polar surface area (TPSA) is 53.8 Å². The molecular formula is C16H22N2O3. The minimum Gasteiger partial charge on any atom is -0.471 e. The van der Waals surface area contributed by atoms with Gasteiger partial charge in [0, 0.05) is 26.2 Å². The van der Waals surface area contributed by atoms with Crippen LogP contribution in [0.2, 0.25) is 0 Å². The molecule has 2 fully saturated rings. The molecule has 0 spiro atoms. The molecule has 2 aliphatic heterocycles. The van der Waals surface area contributed by atoms with Crippen LogP contribution in [0, 0.1) is 0 Å². The van der Waals surface area contributed by atoms with Gasteiger partial charge in [-0.25, -0.2) is 0 Å². The number of amides is 2. The third-order valence-electron chi connectivity index (χ3n) is 4.41. The van der Waals surface area contributed by atoms with E-state index < -0.39 is 0 Å². The van der Waals surface area contributed by atoms with E-state index in [4.69, 9.17) is 4.42 Å². The molecule has 2 aliphatic rings. The Balaban J connectivity index is 1.76. The summed E-state index contributed by atoms with van der Waals surface area (Å²) in [5, 5.41) is 0. The van der Waals surface area contributed by atoms with Crippen LogP contribution in [0.3, 0.4) is 0 Å². The molecular weight excluding hydrogens is 268 g/mol. The summed E-state index contributed by atoms with van der Waals surface area (Å²) >= 11 is 0. The summed E-state index contributed by atoms with van der Waals surface area (Å²) in [7, 11) is 0. The van der Waals surface area contributed by atoms with E-state index in [1.54, 1.807) is 0 Å². The molecule has 1 aromatic rings. The molecule has 1 aromatic heterocycles. The Bertz CT molecular complexity index is 467. The van der Waals surface area contributed by atoms with Gasteiger partial charge >= 0.3 is 0 Å². The highest BCUT2D eigenvalue weighted by Gasteiger charge is 2.28. The lowest BCUT2D eigenvalue weighted by atomic mass is 10.1. The summed E-state index contributed by atoms with van der Waals surface area (Å²) in [6.45, 7) is 3.12. The van der Waals surface area contributed by atoms with Gasteiger partial charge in [0.05, 0.1) is 11.1 Å². The Hall–Kier alpha value is -1.78. The summed E-state index contributed by atoms with van der Waals surface area (Å²) < 4.78 is 5.17. The average molecular weight is 290 g/mol. The maximum atomic E-state index is 12.6. The molecule has 0 aromatic carbocycles. The predicted octanol–water partition coefficient (Wildman–Crippen LogP) is 2.53. The van der Waals surface area contributed by atoms with Crippen LogP contribution < -0.4 is 0 Å². The summed E-state index contributed by atoms with van der Waals surface area (Å²) in [4.78, 5) is 28.8. The van der Waals surface area contributed by atoms with Gasteiger partial charge < -0.3 is 14.2 Å². The molecule has 2 amide bonds. The van der Waals surface area contributed by atoms with Gasteiger partial charge in [-0.05, 0) is 38.5 Å². The smallest absolute Gasteiger partial charge is 0.257 e. The standard InChI is InChI=1S/C16H22N2O3/c19-15(17-7-3-1-4-8-17)13-11-21-12-14(13)16(20)18-9-5-2-6-10-18/h11-12H,1-10H2. The van der Waals surface area contributed by atoms with Crippen molar-refractivity contribution in [3.8, 4) is 0 Å². The summed E-state index contributed by atoms with van der Waals surface area (Å²) in [5.41, 5.74) is 0.847. The van der Waals surface area contributed by atoms with Crippen molar-refractivity contribution in [2.75, 3.05) is 26.2 Å². The Kier molecular flexibility index (Phi) is 4.27.